The van der Waals surface area contributed by atoms with Gasteiger partial charge in [-0.15, -0.1) is 12.4 Å². The van der Waals surface area contributed by atoms with Crippen LogP contribution < -0.4 is 5.73 Å². The Balaban J connectivity index is -0.000000787. The SMILES string of the molecule is CC(=O)O.CCCCCCCCCCCCC(C)(O)C(C)(C)N.Cl. The molecule has 0 aromatic heterocycles. The minimum Gasteiger partial charge on any atom is -0.481 e. The molecule has 0 spiro atoms. The summed E-state index contributed by atoms with van der Waals surface area (Å²) in [7, 11) is 0. The zero-order chi connectivity index (χ0) is 18.4. The Labute approximate surface area is 156 Å². The lowest BCUT2D eigenvalue weighted by atomic mass is 9.81. The van der Waals surface area contributed by atoms with Crippen molar-refractivity contribution in [3.8, 4) is 0 Å². The Morgan fingerprint density at radius 2 is 1.17 bits per heavy atom. The number of carboxylic acids is 1. The van der Waals surface area contributed by atoms with Gasteiger partial charge in [0.2, 0.25) is 0 Å². The molecule has 0 radical (unpaired) electrons. The molecule has 1 atom stereocenters. The van der Waals surface area contributed by atoms with Gasteiger partial charge in [-0.1, -0.05) is 71.1 Å². The van der Waals surface area contributed by atoms with E-state index in [4.69, 9.17) is 15.6 Å². The maximum atomic E-state index is 10.2. The normalized spacial score (nSPS) is 13.3. The second-order valence-corrected chi connectivity index (χ2v) is 7.45. The van der Waals surface area contributed by atoms with Crippen LogP contribution in [0.3, 0.4) is 0 Å². The smallest absolute Gasteiger partial charge is 0.300 e. The van der Waals surface area contributed by atoms with Crippen molar-refractivity contribution in [2.45, 2.75) is 116 Å². The molecule has 0 aromatic rings. The number of rotatable bonds is 12. The summed E-state index contributed by atoms with van der Waals surface area (Å²) < 4.78 is 0. The van der Waals surface area contributed by atoms with Crippen molar-refractivity contribution < 1.29 is 15.0 Å². The van der Waals surface area contributed by atoms with Gasteiger partial charge in [-0.05, 0) is 27.2 Å². The number of hydrogen-bond donors (Lipinski definition) is 3. The third-order valence-corrected chi connectivity index (χ3v) is 4.41. The van der Waals surface area contributed by atoms with E-state index in [1.165, 1.54) is 57.8 Å². The van der Waals surface area contributed by atoms with Crippen LogP contribution in [-0.2, 0) is 4.79 Å². The van der Waals surface area contributed by atoms with Crippen LogP contribution in [-0.4, -0.2) is 27.3 Å². The molecule has 0 saturated carbocycles. The van der Waals surface area contributed by atoms with E-state index < -0.39 is 17.1 Å². The molecule has 24 heavy (non-hydrogen) atoms. The van der Waals surface area contributed by atoms with E-state index in [0.29, 0.717) is 0 Å². The Morgan fingerprint density at radius 3 is 1.46 bits per heavy atom. The molecule has 0 amide bonds. The quantitative estimate of drug-likeness (QED) is 0.409. The number of halogens is 1. The zero-order valence-corrected chi connectivity index (χ0v) is 17.4. The van der Waals surface area contributed by atoms with Crippen LogP contribution in [0.4, 0.5) is 0 Å². The highest BCUT2D eigenvalue weighted by Gasteiger charge is 2.34. The summed E-state index contributed by atoms with van der Waals surface area (Å²) in [6, 6.07) is 0. The average molecular weight is 368 g/mol. The molecule has 0 fully saturated rings. The van der Waals surface area contributed by atoms with Gasteiger partial charge in [0, 0.05) is 12.5 Å². The van der Waals surface area contributed by atoms with Crippen LogP contribution in [0.25, 0.3) is 0 Å². The molecule has 0 heterocycles. The first-order chi connectivity index (χ1) is 10.5. The highest BCUT2D eigenvalue weighted by atomic mass is 35.5. The Morgan fingerprint density at radius 1 is 0.875 bits per heavy atom. The first kappa shape index (κ1) is 28.5. The van der Waals surface area contributed by atoms with Crippen LogP contribution in [0.15, 0.2) is 0 Å². The van der Waals surface area contributed by atoms with Crippen LogP contribution in [0.2, 0.25) is 0 Å². The third kappa shape index (κ3) is 19.7. The lowest BCUT2D eigenvalue weighted by Gasteiger charge is -2.37. The highest BCUT2D eigenvalue weighted by Crippen LogP contribution is 2.25. The van der Waals surface area contributed by atoms with Crippen molar-refractivity contribution in [3.63, 3.8) is 0 Å². The van der Waals surface area contributed by atoms with Crippen molar-refractivity contribution in [2.24, 2.45) is 5.73 Å². The fourth-order valence-electron chi connectivity index (χ4n) is 2.28. The molecule has 0 aromatic carbocycles. The summed E-state index contributed by atoms with van der Waals surface area (Å²) in [5, 5.41) is 17.7. The zero-order valence-electron chi connectivity index (χ0n) is 16.6. The number of carbonyl (C=O) groups is 1. The van der Waals surface area contributed by atoms with E-state index in [1.54, 1.807) is 0 Å². The number of hydrogen-bond acceptors (Lipinski definition) is 3. The van der Waals surface area contributed by atoms with Gasteiger partial charge >= 0.3 is 0 Å². The average Bonchev–Trinajstić information content (AvgIpc) is 2.39. The lowest BCUT2D eigenvalue weighted by Crippen LogP contribution is -2.54. The van der Waals surface area contributed by atoms with Gasteiger partial charge in [0.05, 0.1) is 5.60 Å². The van der Waals surface area contributed by atoms with Gasteiger partial charge in [0.25, 0.3) is 5.97 Å². The monoisotopic (exact) mass is 367 g/mol. The maximum Gasteiger partial charge on any atom is 0.300 e. The van der Waals surface area contributed by atoms with Gasteiger partial charge in [-0.25, -0.2) is 0 Å². The lowest BCUT2D eigenvalue weighted by molar-refractivity contribution is -0.134. The summed E-state index contributed by atoms with van der Waals surface area (Å²) in [6.07, 6.45) is 14.1. The van der Waals surface area contributed by atoms with E-state index >= 15 is 0 Å². The van der Waals surface area contributed by atoms with E-state index in [-0.39, 0.29) is 12.4 Å². The fourth-order valence-corrected chi connectivity index (χ4v) is 2.28. The molecule has 0 aliphatic rings. The molecular weight excluding hydrogens is 326 g/mol. The molecule has 4 N–H and O–H groups in total. The molecule has 0 aliphatic heterocycles. The van der Waals surface area contributed by atoms with Crippen LogP contribution in [0.5, 0.6) is 0 Å². The van der Waals surface area contributed by atoms with Gasteiger partial charge in [-0.3, -0.25) is 4.79 Å². The third-order valence-electron chi connectivity index (χ3n) is 4.41. The molecule has 1 unspecified atom stereocenters. The first-order valence-electron chi connectivity index (χ1n) is 9.25. The Bertz CT molecular complexity index is 285. The van der Waals surface area contributed by atoms with Gasteiger partial charge in [0.1, 0.15) is 0 Å². The molecular formula is C19H42ClNO3. The summed E-state index contributed by atoms with van der Waals surface area (Å²) >= 11 is 0. The van der Waals surface area contributed by atoms with Crippen molar-refractivity contribution in [3.05, 3.63) is 0 Å². The minimum atomic E-state index is -0.833. The maximum absolute atomic E-state index is 10.2. The molecule has 0 bridgehead atoms. The predicted molar refractivity (Wildman–Crippen MR) is 106 cm³/mol. The van der Waals surface area contributed by atoms with Crippen molar-refractivity contribution in [1.29, 1.82) is 0 Å². The summed E-state index contributed by atoms with van der Waals surface area (Å²) in [5.41, 5.74) is 4.73. The van der Waals surface area contributed by atoms with E-state index in [2.05, 4.69) is 6.92 Å². The molecule has 0 aliphatic carbocycles. The van der Waals surface area contributed by atoms with Gasteiger partial charge in [0.15, 0.2) is 0 Å². The Hall–Kier alpha value is -0.320. The topological polar surface area (TPSA) is 83.5 Å². The summed E-state index contributed by atoms with van der Waals surface area (Å²) in [4.78, 5) is 9.00. The fraction of sp³-hybridized carbons (Fsp3) is 0.947. The molecule has 0 rings (SSSR count). The first-order valence-corrected chi connectivity index (χ1v) is 9.25. The van der Waals surface area contributed by atoms with Crippen molar-refractivity contribution >= 4 is 18.4 Å². The number of aliphatic hydroxyl groups is 1. The van der Waals surface area contributed by atoms with Crippen LogP contribution >= 0.6 is 12.4 Å². The van der Waals surface area contributed by atoms with E-state index in [9.17, 15) is 5.11 Å². The number of aliphatic carboxylic acids is 1. The highest BCUT2D eigenvalue weighted by molar-refractivity contribution is 5.85. The van der Waals surface area contributed by atoms with E-state index in [1.807, 2.05) is 20.8 Å². The predicted octanol–water partition coefficient (Wildman–Crippen LogP) is 5.30. The van der Waals surface area contributed by atoms with Crippen LogP contribution in [0, 0.1) is 0 Å². The summed E-state index contributed by atoms with van der Waals surface area (Å²) in [6.45, 7) is 9.02. The van der Waals surface area contributed by atoms with E-state index in [0.717, 1.165) is 19.8 Å². The number of unbranched alkanes of at least 4 members (excludes halogenated alkanes) is 9. The van der Waals surface area contributed by atoms with Crippen LogP contribution in [0.1, 0.15) is 105 Å². The largest absolute Gasteiger partial charge is 0.481 e. The molecule has 0 saturated heterocycles. The molecule has 5 heteroatoms. The summed E-state index contributed by atoms with van der Waals surface area (Å²) in [5.74, 6) is -0.833. The minimum absolute atomic E-state index is 0. The van der Waals surface area contributed by atoms with Gasteiger partial charge in [-0.2, -0.15) is 0 Å². The standard InChI is InChI=1S/C17H37NO.C2H4O2.ClH/c1-5-6-7-8-9-10-11-12-13-14-15-17(4,19)16(2,3)18;1-2(3)4;/h19H,5-15,18H2,1-4H3;1H3,(H,3,4);1H. The van der Waals surface area contributed by atoms with Crippen molar-refractivity contribution in [1.82, 2.24) is 0 Å². The molecule has 148 valence electrons. The second-order valence-electron chi connectivity index (χ2n) is 7.45. The van der Waals surface area contributed by atoms with Crippen molar-refractivity contribution in [2.75, 3.05) is 0 Å². The second kappa shape index (κ2) is 16.2. The Kier molecular flexibility index (Phi) is 19.2. The van der Waals surface area contributed by atoms with Gasteiger partial charge < -0.3 is 15.9 Å². The molecule has 4 nitrogen and oxygen atoms in total. The number of carboxylic acid groups (broad SMARTS) is 1. The number of nitrogens with two attached hydrogens (primary N) is 1.